The van der Waals surface area contributed by atoms with E-state index in [1.54, 1.807) is 24.3 Å². The number of benzene rings is 2. The van der Waals surface area contributed by atoms with Crippen LogP contribution in [0.4, 0.5) is 0 Å². The van der Waals surface area contributed by atoms with Crippen molar-refractivity contribution >= 4 is 44.3 Å². The number of hydrogen-bond donors (Lipinski definition) is 1. The van der Waals surface area contributed by atoms with E-state index < -0.39 is 28.5 Å². The molecule has 0 aromatic heterocycles. The summed E-state index contributed by atoms with van der Waals surface area (Å²) in [6.07, 6.45) is 2.26. The number of rotatable bonds is 7. The van der Waals surface area contributed by atoms with Crippen LogP contribution in [0.15, 0.2) is 53.4 Å². The highest BCUT2D eigenvalue weighted by atomic mass is 35.5. The maximum atomic E-state index is 12.8. The lowest BCUT2D eigenvalue weighted by atomic mass is 10.1. The number of hydrogen-bond acceptors (Lipinski definition) is 5. The molecule has 9 heteroatoms. The number of carboxylic acid groups (broad SMARTS) is 1. The summed E-state index contributed by atoms with van der Waals surface area (Å²) in [5, 5.41) is 10.9. The van der Waals surface area contributed by atoms with Crippen LogP contribution in [0.5, 0.6) is 0 Å². The molecule has 7 nitrogen and oxygen atoms in total. The van der Waals surface area contributed by atoms with Crippen LogP contribution in [0.3, 0.4) is 0 Å². The van der Waals surface area contributed by atoms with Crippen molar-refractivity contribution in [2.24, 2.45) is 0 Å². The van der Waals surface area contributed by atoms with Crippen LogP contribution in [0.2, 0.25) is 5.02 Å². The van der Waals surface area contributed by atoms with E-state index in [1.807, 2.05) is 0 Å². The first-order chi connectivity index (χ1) is 12.2. The molecule has 0 radical (unpaired) electrons. The maximum absolute atomic E-state index is 12.8. The van der Waals surface area contributed by atoms with Gasteiger partial charge in [0.2, 0.25) is 10.0 Å². The maximum Gasteiger partial charge on any atom is 0.330 e. The molecule has 0 aliphatic heterocycles. The monoisotopic (exact) mass is 397 g/mol. The van der Waals surface area contributed by atoms with E-state index in [0.29, 0.717) is 10.4 Å². The smallest absolute Gasteiger partial charge is 0.330 e. The Hall–Kier alpha value is -2.42. The lowest BCUT2D eigenvalue weighted by molar-refractivity contribution is -0.137. The number of halogens is 1. The van der Waals surface area contributed by atoms with E-state index in [2.05, 4.69) is 4.74 Å². The number of carbonyl (C=O) groups excluding carboxylic acids is 1. The van der Waals surface area contributed by atoms with E-state index in [9.17, 15) is 18.0 Å². The number of sulfonamides is 1. The molecule has 0 amide bonds. The highest BCUT2D eigenvalue weighted by Crippen LogP contribution is 2.24. The molecule has 0 aliphatic rings. The molecule has 2 rings (SSSR count). The summed E-state index contributed by atoms with van der Waals surface area (Å²) in [4.78, 5) is 22.1. The highest BCUT2D eigenvalue weighted by Gasteiger charge is 2.26. The lowest BCUT2D eigenvalue weighted by Crippen LogP contribution is -2.35. The second-order valence-electron chi connectivity index (χ2n) is 5.27. The number of methoxy groups -OCH3 is 1. The van der Waals surface area contributed by atoms with E-state index in [0.717, 1.165) is 15.8 Å². The van der Waals surface area contributed by atoms with Crippen molar-refractivity contribution in [2.75, 3.05) is 20.2 Å². The predicted molar refractivity (Wildman–Crippen MR) is 96.5 cm³/mol. The van der Waals surface area contributed by atoms with Crippen molar-refractivity contribution in [3.8, 4) is 0 Å². The summed E-state index contributed by atoms with van der Waals surface area (Å²) in [5.41, 5.74) is 0. The van der Waals surface area contributed by atoms with E-state index in [4.69, 9.17) is 16.7 Å². The molecule has 0 fully saturated rings. The van der Waals surface area contributed by atoms with E-state index in [1.165, 1.54) is 25.3 Å². The molecular formula is C17H16ClNO6S. The van der Waals surface area contributed by atoms with Gasteiger partial charge in [0.05, 0.1) is 12.0 Å². The standard InChI is InChI=1S/C17H16ClNO6S/c1-25-17(22)3-2-8-19(11-16(20)21)26(23,24)15-7-5-12-9-14(18)6-4-13(12)10-15/h2-7,9-10H,8,11H2,1H3,(H,20,21). The van der Waals surface area contributed by atoms with Crippen LogP contribution < -0.4 is 0 Å². The second-order valence-corrected chi connectivity index (χ2v) is 7.64. The van der Waals surface area contributed by atoms with Crippen LogP contribution >= 0.6 is 11.6 Å². The lowest BCUT2D eigenvalue weighted by Gasteiger charge is -2.19. The number of nitrogens with zero attached hydrogens (tertiary/aromatic N) is 1. The Morgan fingerprint density at radius 1 is 1.19 bits per heavy atom. The van der Waals surface area contributed by atoms with Crippen molar-refractivity contribution in [3.63, 3.8) is 0 Å². The van der Waals surface area contributed by atoms with Gasteiger partial charge in [-0.3, -0.25) is 4.79 Å². The summed E-state index contributed by atoms with van der Waals surface area (Å²) in [6, 6.07) is 9.43. The van der Waals surface area contributed by atoms with Crippen LogP contribution in [0.1, 0.15) is 0 Å². The number of carbonyl (C=O) groups is 2. The number of esters is 1. The molecule has 0 heterocycles. The molecule has 26 heavy (non-hydrogen) atoms. The van der Waals surface area contributed by atoms with Crippen LogP contribution in [0, 0.1) is 0 Å². The molecule has 0 bridgehead atoms. The Morgan fingerprint density at radius 2 is 1.85 bits per heavy atom. The van der Waals surface area contributed by atoms with Crippen molar-refractivity contribution < 1.29 is 27.9 Å². The van der Waals surface area contributed by atoms with E-state index in [-0.39, 0.29) is 11.4 Å². The van der Waals surface area contributed by atoms with Crippen LogP contribution in [0.25, 0.3) is 10.8 Å². The van der Waals surface area contributed by atoms with Crippen molar-refractivity contribution in [2.45, 2.75) is 4.90 Å². The van der Waals surface area contributed by atoms with Crippen LogP contribution in [-0.2, 0) is 24.3 Å². The van der Waals surface area contributed by atoms with Gasteiger partial charge in [-0.1, -0.05) is 29.8 Å². The minimum absolute atomic E-state index is 0.0555. The third-order valence-electron chi connectivity index (χ3n) is 3.49. The normalized spacial score (nSPS) is 12.0. The van der Waals surface area contributed by atoms with Gasteiger partial charge in [0.15, 0.2) is 0 Å². The fraction of sp³-hybridized carbons (Fsp3) is 0.176. The zero-order valence-electron chi connectivity index (χ0n) is 13.8. The zero-order chi connectivity index (χ0) is 19.3. The summed E-state index contributed by atoms with van der Waals surface area (Å²) in [7, 11) is -2.91. The van der Waals surface area contributed by atoms with Gasteiger partial charge in [-0.05, 0) is 35.0 Å². The Morgan fingerprint density at radius 3 is 2.50 bits per heavy atom. The largest absolute Gasteiger partial charge is 0.480 e. The highest BCUT2D eigenvalue weighted by molar-refractivity contribution is 7.89. The molecule has 138 valence electrons. The Labute approximate surface area is 155 Å². The summed E-state index contributed by atoms with van der Waals surface area (Å²) >= 11 is 5.91. The molecule has 0 saturated heterocycles. The fourth-order valence-electron chi connectivity index (χ4n) is 2.24. The minimum atomic E-state index is -4.09. The third-order valence-corrected chi connectivity index (χ3v) is 5.53. The molecule has 2 aromatic rings. The summed E-state index contributed by atoms with van der Waals surface area (Å²) in [5.74, 6) is -1.98. The Bertz CT molecular complexity index is 970. The number of fused-ring (bicyclic) bond motifs is 1. The average molecular weight is 398 g/mol. The first-order valence-corrected chi connectivity index (χ1v) is 9.21. The van der Waals surface area contributed by atoms with Gasteiger partial charge in [-0.2, -0.15) is 4.31 Å². The number of carboxylic acids is 1. The quantitative estimate of drug-likeness (QED) is 0.568. The topological polar surface area (TPSA) is 101 Å². The van der Waals surface area contributed by atoms with Gasteiger partial charge in [0.25, 0.3) is 0 Å². The van der Waals surface area contributed by atoms with Crippen molar-refractivity contribution in [1.82, 2.24) is 4.31 Å². The van der Waals surface area contributed by atoms with Gasteiger partial charge in [-0.15, -0.1) is 0 Å². The SMILES string of the molecule is COC(=O)C=CCN(CC(=O)O)S(=O)(=O)c1ccc2cc(Cl)ccc2c1. The summed E-state index contributed by atoms with van der Waals surface area (Å²) < 4.78 is 30.8. The number of aliphatic carboxylic acids is 1. The first kappa shape index (κ1) is 19.9. The van der Waals surface area contributed by atoms with E-state index >= 15 is 0 Å². The molecular weight excluding hydrogens is 382 g/mol. The van der Waals surface area contributed by atoms with Crippen molar-refractivity contribution in [3.05, 3.63) is 53.6 Å². The minimum Gasteiger partial charge on any atom is -0.480 e. The predicted octanol–water partition coefficient (Wildman–Crippen LogP) is 2.30. The van der Waals surface area contributed by atoms with Gasteiger partial charge in [-0.25, -0.2) is 13.2 Å². The molecule has 0 aliphatic carbocycles. The van der Waals surface area contributed by atoms with Crippen molar-refractivity contribution in [1.29, 1.82) is 0 Å². The molecule has 0 saturated carbocycles. The number of ether oxygens (including phenoxy) is 1. The molecule has 0 atom stereocenters. The third kappa shape index (κ3) is 4.81. The summed E-state index contributed by atoms with van der Waals surface area (Å²) in [6.45, 7) is -1.03. The Kier molecular flexibility index (Phi) is 6.36. The molecule has 2 aromatic carbocycles. The van der Waals surface area contributed by atoms with Gasteiger partial charge >= 0.3 is 11.9 Å². The second kappa shape index (κ2) is 8.31. The fourth-order valence-corrected chi connectivity index (χ4v) is 3.79. The Balaban J connectivity index is 2.38. The molecule has 0 spiro atoms. The van der Waals surface area contributed by atoms with Gasteiger partial charge in [0.1, 0.15) is 6.54 Å². The zero-order valence-corrected chi connectivity index (χ0v) is 15.3. The first-order valence-electron chi connectivity index (χ1n) is 7.40. The average Bonchev–Trinajstić information content (AvgIpc) is 2.59. The van der Waals surface area contributed by atoms with Gasteiger partial charge < -0.3 is 9.84 Å². The van der Waals surface area contributed by atoms with Gasteiger partial charge in [0, 0.05) is 17.6 Å². The van der Waals surface area contributed by atoms with Crippen LogP contribution in [-0.4, -0.2) is 50.0 Å². The molecule has 1 N–H and O–H groups in total. The molecule has 0 unspecified atom stereocenters.